The molecule has 3 rings (SSSR count). The number of aliphatic hydroxyl groups is 1. The molecule has 154 valence electrons. The second-order valence-corrected chi connectivity index (χ2v) is 7.94. The number of nitrogens with two attached hydrogens (primary N) is 3. The van der Waals surface area contributed by atoms with Gasteiger partial charge in [0.15, 0.2) is 0 Å². The van der Waals surface area contributed by atoms with E-state index in [2.05, 4.69) is 4.99 Å². The summed E-state index contributed by atoms with van der Waals surface area (Å²) in [5, 5.41) is 18.8. The fourth-order valence-electron chi connectivity index (χ4n) is 3.86. The van der Waals surface area contributed by atoms with Crippen LogP contribution in [0.2, 0.25) is 0 Å². The summed E-state index contributed by atoms with van der Waals surface area (Å²) in [5.74, 6) is 5.05. The van der Waals surface area contributed by atoms with Crippen LogP contribution in [-0.4, -0.2) is 52.9 Å². The zero-order valence-corrected chi connectivity index (χ0v) is 15.9. The molecule has 28 heavy (non-hydrogen) atoms. The van der Waals surface area contributed by atoms with E-state index in [-0.39, 0.29) is 18.1 Å². The van der Waals surface area contributed by atoms with Crippen LogP contribution in [0.25, 0.3) is 0 Å². The smallest absolute Gasteiger partial charge is 0.341 e. The van der Waals surface area contributed by atoms with E-state index in [0.29, 0.717) is 31.0 Å². The molecule has 1 aromatic carbocycles. The molecule has 1 aromatic rings. The molecule has 0 bridgehead atoms. The standard InChI is InChI=1S/C19H28N4O5/c1-18(28-22,17(25)26)15-5-3-11-6-12(2-4-14(11)27-15)16(21)23-13-7-19(8-13,9-20)10-24/h2,4,6,13,15,24H,3,5,7-10,20,22H2,1H3,(H2,21,23)(H,25,26)/t13?,15-,18+,19?/m1/s1. The minimum Gasteiger partial charge on any atom is -0.486 e. The Morgan fingerprint density at radius 2 is 2.18 bits per heavy atom. The number of aryl methyl sites for hydroxylation is 1. The highest BCUT2D eigenvalue weighted by molar-refractivity contribution is 5.98. The first-order valence-corrected chi connectivity index (χ1v) is 9.32. The second-order valence-electron chi connectivity index (χ2n) is 7.94. The Balaban J connectivity index is 1.72. The molecule has 0 unspecified atom stereocenters. The Hall–Kier alpha value is -2.20. The Bertz CT molecular complexity index is 772. The lowest BCUT2D eigenvalue weighted by Crippen LogP contribution is -2.54. The number of hydrogen-bond acceptors (Lipinski definition) is 7. The van der Waals surface area contributed by atoms with Crippen LogP contribution in [0.1, 0.15) is 37.3 Å². The van der Waals surface area contributed by atoms with Crippen LogP contribution in [0.3, 0.4) is 0 Å². The van der Waals surface area contributed by atoms with Gasteiger partial charge in [0.05, 0.1) is 12.6 Å². The molecular formula is C19H28N4O5. The number of aliphatic imine (C=N–C) groups is 1. The fraction of sp³-hybridized carbons (Fsp3) is 0.579. The molecule has 0 saturated heterocycles. The molecule has 0 amide bonds. The lowest BCUT2D eigenvalue weighted by atomic mass is 9.66. The summed E-state index contributed by atoms with van der Waals surface area (Å²) in [6, 6.07) is 5.52. The number of aliphatic carboxylic acids is 1. The van der Waals surface area contributed by atoms with Gasteiger partial charge < -0.3 is 26.4 Å². The predicted octanol–water partition coefficient (Wildman–Crippen LogP) is -0.0811. The highest BCUT2D eigenvalue weighted by atomic mass is 16.7. The van der Waals surface area contributed by atoms with Crippen LogP contribution in [-0.2, 0) is 16.1 Å². The molecule has 2 atom stereocenters. The Labute approximate surface area is 163 Å². The lowest BCUT2D eigenvalue weighted by molar-refractivity contribution is -0.179. The molecule has 1 aliphatic carbocycles. The largest absolute Gasteiger partial charge is 0.486 e. The zero-order chi connectivity index (χ0) is 20.5. The van der Waals surface area contributed by atoms with E-state index in [9.17, 15) is 15.0 Å². The molecule has 8 N–H and O–H groups in total. The van der Waals surface area contributed by atoms with Gasteiger partial charge in [0.2, 0.25) is 5.60 Å². The second kappa shape index (κ2) is 7.67. The number of fused-ring (bicyclic) bond motifs is 1. The third kappa shape index (κ3) is 3.58. The van der Waals surface area contributed by atoms with E-state index >= 15 is 0 Å². The fourth-order valence-corrected chi connectivity index (χ4v) is 3.86. The summed E-state index contributed by atoms with van der Waals surface area (Å²) in [6.07, 6.45) is 1.81. The van der Waals surface area contributed by atoms with Gasteiger partial charge in [0, 0.05) is 17.5 Å². The molecule has 0 radical (unpaired) electrons. The van der Waals surface area contributed by atoms with E-state index in [1.165, 1.54) is 6.92 Å². The van der Waals surface area contributed by atoms with Crippen LogP contribution < -0.4 is 22.1 Å². The van der Waals surface area contributed by atoms with Crippen molar-refractivity contribution in [3.63, 3.8) is 0 Å². The van der Waals surface area contributed by atoms with Gasteiger partial charge >= 0.3 is 5.97 Å². The third-order valence-corrected chi connectivity index (χ3v) is 6.01. The Morgan fingerprint density at radius 3 is 2.75 bits per heavy atom. The van der Waals surface area contributed by atoms with Crippen LogP contribution in [0.5, 0.6) is 5.75 Å². The lowest BCUT2D eigenvalue weighted by Gasteiger charge is -2.44. The van der Waals surface area contributed by atoms with E-state index in [4.69, 9.17) is 26.9 Å². The summed E-state index contributed by atoms with van der Waals surface area (Å²) in [6.45, 7) is 1.90. The van der Waals surface area contributed by atoms with E-state index < -0.39 is 17.7 Å². The van der Waals surface area contributed by atoms with Crippen molar-refractivity contribution in [2.75, 3.05) is 13.2 Å². The minimum absolute atomic E-state index is 0.0605. The molecule has 9 heteroatoms. The van der Waals surface area contributed by atoms with Gasteiger partial charge in [-0.2, -0.15) is 0 Å². The van der Waals surface area contributed by atoms with Gasteiger partial charge in [-0.05, 0) is 56.4 Å². The first kappa shape index (κ1) is 20.5. The topological polar surface area (TPSA) is 166 Å². The number of nitrogens with zero attached hydrogens (tertiary/aromatic N) is 1. The zero-order valence-electron chi connectivity index (χ0n) is 15.9. The van der Waals surface area contributed by atoms with Crippen molar-refractivity contribution in [1.29, 1.82) is 0 Å². The molecule has 0 spiro atoms. The summed E-state index contributed by atoms with van der Waals surface area (Å²) in [4.78, 5) is 20.8. The molecule has 1 saturated carbocycles. The molecule has 0 aromatic heterocycles. The highest BCUT2D eigenvalue weighted by Gasteiger charge is 2.46. The van der Waals surface area contributed by atoms with Crippen LogP contribution in [0.4, 0.5) is 0 Å². The first-order chi connectivity index (χ1) is 13.3. The molecule has 2 aliphatic rings. The summed E-state index contributed by atoms with van der Waals surface area (Å²) >= 11 is 0. The number of aliphatic hydroxyl groups excluding tert-OH is 1. The number of rotatable bonds is 7. The molecule has 9 nitrogen and oxygen atoms in total. The van der Waals surface area contributed by atoms with Crippen molar-refractivity contribution in [3.05, 3.63) is 29.3 Å². The number of benzene rings is 1. The average Bonchev–Trinajstić information content (AvgIpc) is 2.68. The van der Waals surface area contributed by atoms with Gasteiger partial charge in [0.25, 0.3) is 0 Å². The van der Waals surface area contributed by atoms with Crippen molar-refractivity contribution >= 4 is 11.8 Å². The van der Waals surface area contributed by atoms with Crippen LogP contribution in [0.15, 0.2) is 23.2 Å². The summed E-state index contributed by atoms with van der Waals surface area (Å²) in [5.41, 5.74) is 11.8. The van der Waals surface area contributed by atoms with Crippen molar-refractivity contribution in [3.8, 4) is 5.75 Å². The molecular weight excluding hydrogens is 364 g/mol. The van der Waals surface area contributed by atoms with Crippen molar-refractivity contribution in [2.45, 2.75) is 50.4 Å². The highest BCUT2D eigenvalue weighted by Crippen LogP contribution is 2.42. The SMILES string of the molecule is C[C@@](ON)(C(=O)O)[C@H]1CCc2cc(C(N)=NC3CC(CN)(CO)C3)ccc2O1. The Kier molecular flexibility index (Phi) is 5.62. The van der Waals surface area contributed by atoms with Crippen LogP contribution in [0, 0.1) is 5.41 Å². The van der Waals surface area contributed by atoms with E-state index in [0.717, 1.165) is 24.0 Å². The molecule has 1 aliphatic heterocycles. The molecule has 1 fully saturated rings. The first-order valence-electron chi connectivity index (χ1n) is 9.32. The van der Waals surface area contributed by atoms with Crippen molar-refractivity contribution in [2.24, 2.45) is 27.8 Å². The number of ether oxygens (including phenoxy) is 1. The van der Waals surface area contributed by atoms with Crippen LogP contribution >= 0.6 is 0 Å². The normalized spacial score (nSPS) is 29.2. The summed E-state index contributed by atoms with van der Waals surface area (Å²) in [7, 11) is 0. The number of hydrogen-bond donors (Lipinski definition) is 5. The van der Waals surface area contributed by atoms with Gasteiger partial charge in [-0.25, -0.2) is 10.7 Å². The summed E-state index contributed by atoms with van der Waals surface area (Å²) < 4.78 is 5.85. The number of carbonyl (C=O) groups is 1. The maximum atomic E-state index is 11.5. The van der Waals surface area contributed by atoms with E-state index in [1.54, 1.807) is 12.1 Å². The Morgan fingerprint density at radius 1 is 1.46 bits per heavy atom. The van der Waals surface area contributed by atoms with Crippen molar-refractivity contribution < 1.29 is 24.6 Å². The third-order valence-electron chi connectivity index (χ3n) is 6.01. The maximum absolute atomic E-state index is 11.5. The van der Waals surface area contributed by atoms with Gasteiger partial charge in [-0.1, -0.05) is 0 Å². The van der Waals surface area contributed by atoms with Gasteiger partial charge in [-0.3, -0.25) is 9.83 Å². The number of amidine groups is 1. The van der Waals surface area contributed by atoms with E-state index in [1.807, 2.05) is 6.07 Å². The average molecular weight is 392 g/mol. The monoisotopic (exact) mass is 392 g/mol. The van der Waals surface area contributed by atoms with Crippen molar-refractivity contribution in [1.82, 2.24) is 0 Å². The minimum atomic E-state index is -1.62. The van der Waals surface area contributed by atoms with Gasteiger partial charge in [0.1, 0.15) is 17.7 Å². The van der Waals surface area contributed by atoms with Gasteiger partial charge in [-0.15, -0.1) is 0 Å². The maximum Gasteiger partial charge on any atom is 0.341 e. The molecule has 1 heterocycles. The number of carboxylic acids is 1. The number of carboxylic acid groups (broad SMARTS) is 1. The quantitative estimate of drug-likeness (QED) is 0.244. The predicted molar refractivity (Wildman–Crippen MR) is 103 cm³/mol.